The molecule has 0 aliphatic carbocycles. The van der Waals surface area contributed by atoms with Gasteiger partial charge in [0.1, 0.15) is 5.82 Å². The van der Waals surface area contributed by atoms with Crippen LogP contribution >= 0.6 is 11.6 Å². The molecule has 84 valence electrons. The van der Waals surface area contributed by atoms with Gasteiger partial charge in [0, 0.05) is 19.2 Å². The number of halogens is 1. The fourth-order valence-electron chi connectivity index (χ4n) is 1.13. The van der Waals surface area contributed by atoms with Gasteiger partial charge in [-0.2, -0.15) is 0 Å². The number of hydrogen-bond acceptors (Lipinski definition) is 3. The smallest absolute Gasteiger partial charge is 0.337 e. The molecule has 0 atom stereocenters. The Labute approximate surface area is 98.6 Å². The van der Waals surface area contributed by atoms with Crippen molar-refractivity contribution in [3.63, 3.8) is 0 Å². The third-order valence-corrected chi connectivity index (χ3v) is 2.29. The van der Waals surface area contributed by atoms with Crippen molar-refractivity contribution in [2.24, 2.45) is 0 Å². The van der Waals surface area contributed by atoms with Gasteiger partial charge in [-0.25, -0.2) is 9.78 Å². The molecule has 0 bridgehead atoms. The maximum absolute atomic E-state index is 10.8. The van der Waals surface area contributed by atoms with Crippen molar-refractivity contribution in [2.45, 2.75) is 12.8 Å². The lowest BCUT2D eigenvalue weighted by atomic mass is 10.2. The van der Waals surface area contributed by atoms with Gasteiger partial charge in [0.25, 0.3) is 0 Å². The van der Waals surface area contributed by atoms with Crippen molar-refractivity contribution in [3.8, 4) is 12.3 Å². The number of carboxylic acids is 1. The van der Waals surface area contributed by atoms with Crippen LogP contribution in [0.2, 0.25) is 5.02 Å². The summed E-state index contributed by atoms with van der Waals surface area (Å²) in [7, 11) is 0. The first-order valence-corrected chi connectivity index (χ1v) is 5.09. The molecule has 0 aliphatic rings. The predicted molar refractivity (Wildman–Crippen MR) is 62.8 cm³/mol. The lowest BCUT2D eigenvalue weighted by Gasteiger charge is -2.07. The molecule has 2 N–H and O–H groups in total. The average molecular weight is 239 g/mol. The monoisotopic (exact) mass is 238 g/mol. The summed E-state index contributed by atoms with van der Waals surface area (Å²) in [4.78, 5) is 14.7. The van der Waals surface area contributed by atoms with Gasteiger partial charge in [0.15, 0.2) is 0 Å². The molecule has 0 amide bonds. The number of anilines is 1. The fourth-order valence-corrected chi connectivity index (χ4v) is 1.39. The highest BCUT2D eigenvalue weighted by Crippen LogP contribution is 2.23. The Morgan fingerprint density at radius 2 is 2.44 bits per heavy atom. The number of unbranched alkanes of at least 4 members (excludes halogenated alkanes) is 1. The summed E-state index contributed by atoms with van der Waals surface area (Å²) in [6, 6.07) is 1.36. The molecule has 1 aromatic heterocycles. The van der Waals surface area contributed by atoms with Gasteiger partial charge in [-0.05, 0) is 12.5 Å². The summed E-state index contributed by atoms with van der Waals surface area (Å²) in [6.45, 7) is 0.611. The lowest BCUT2D eigenvalue weighted by molar-refractivity contribution is 0.0697. The van der Waals surface area contributed by atoms with Crippen LogP contribution in [0.15, 0.2) is 12.3 Å². The van der Waals surface area contributed by atoms with Crippen molar-refractivity contribution < 1.29 is 9.90 Å². The van der Waals surface area contributed by atoms with Crippen molar-refractivity contribution in [1.29, 1.82) is 0 Å². The van der Waals surface area contributed by atoms with Crippen LogP contribution < -0.4 is 5.32 Å². The van der Waals surface area contributed by atoms with Gasteiger partial charge in [-0.15, -0.1) is 12.3 Å². The minimum absolute atomic E-state index is 0.0381. The summed E-state index contributed by atoms with van der Waals surface area (Å²) in [5, 5.41) is 11.9. The summed E-state index contributed by atoms with van der Waals surface area (Å²) in [6.07, 6.45) is 7.95. The van der Waals surface area contributed by atoms with E-state index in [1.165, 1.54) is 12.3 Å². The predicted octanol–water partition coefficient (Wildman–Crippen LogP) is 2.26. The molecule has 1 aromatic rings. The summed E-state index contributed by atoms with van der Waals surface area (Å²) < 4.78 is 0. The van der Waals surface area contributed by atoms with Gasteiger partial charge in [0.2, 0.25) is 0 Å². The second-order valence-corrected chi connectivity index (χ2v) is 3.44. The fraction of sp³-hybridized carbons (Fsp3) is 0.273. The summed E-state index contributed by atoms with van der Waals surface area (Å²) in [5.74, 6) is 1.81. The molecule has 0 saturated heterocycles. The number of nitrogens with one attached hydrogen (secondary N) is 1. The topological polar surface area (TPSA) is 62.2 Å². The molecule has 5 heteroatoms. The molecule has 0 spiro atoms. The van der Waals surface area contributed by atoms with E-state index in [4.69, 9.17) is 23.1 Å². The number of terminal acetylenes is 1. The number of aromatic carboxylic acids is 1. The van der Waals surface area contributed by atoms with E-state index < -0.39 is 5.97 Å². The van der Waals surface area contributed by atoms with E-state index in [1.807, 2.05) is 0 Å². The van der Waals surface area contributed by atoms with Crippen LogP contribution in [0.3, 0.4) is 0 Å². The van der Waals surface area contributed by atoms with Crippen molar-refractivity contribution in [3.05, 3.63) is 22.8 Å². The van der Waals surface area contributed by atoms with E-state index in [0.29, 0.717) is 18.8 Å². The third-order valence-electron chi connectivity index (χ3n) is 1.91. The lowest BCUT2D eigenvalue weighted by Crippen LogP contribution is -2.06. The third kappa shape index (κ3) is 3.14. The van der Waals surface area contributed by atoms with Crippen LogP contribution in [0.25, 0.3) is 0 Å². The molecular formula is C11H11ClN2O2. The van der Waals surface area contributed by atoms with E-state index in [9.17, 15) is 4.79 Å². The molecule has 1 heterocycles. The minimum Gasteiger partial charge on any atom is -0.478 e. The van der Waals surface area contributed by atoms with Gasteiger partial charge in [0.05, 0.1) is 10.6 Å². The molecule has 4 nitrogen and oxygen atoms in total. The highest BCUT2D eigenvalue weighted by Gasteiger charge is 2.12. The van der Waals surface area contributed by atoms with E-state index in [-0.39, 0.29) is 10.6 Å². The van der Waals surface area contributed by atoms with Crippen molar-refractivity contribution >= 4 is 23.4 Å². The van der Waals surface area contributed by atoms with Crippen LogP contribution in [-0.4, -0.2) is 22.6 Å². The maximum Gasteiger partial charge on any atom is 0.337 e. The molecule has 0 unspecified atom stereocenters. The number of rotatable bonds is 5. The Hall–Kier alpha value is -1.73. The largest absolute Gasteiger partial charge is 0.478 e. The molecule has 1 rings (SSSR count). The van der Waals surface area contributed by atoms with Crippen LogP contribution in [0.1, 0.15) is 23.2 Å². The number of carbonyl (C=O) groups is 1. The zero-order valence-corrected chi connectivity index (χ0v) is 9.29. The first-order valence-electron chi connectivity index (χ1n) is 4.72. The van der Waals surface area contributed by atoms with Gasteiger partial charge in [-0.1, -0.05) is 11.6 Å². The molecule has 0 saturated carbocycles. The van der Waals surface area contributed by atoms with Crippen LogP contribution in [0.4, 0.5) is 5.82 Å². The number of nitrogens with zero attached hydrogens (tertiary/aromatic N) is 1. The molecule has 0 aromatic carbocycles. The quantitative estimate of drug-likeness (QED) is 0.610. The van der Waals surface area contributed by atoms with Gasteiger partial charge >= 0.3 is 5.97 Å². The average Bonchev–Trinajstić information content (AvgIpc) is 2.26. The molecule has 0 aliphatic heterocycles. The van der Waals surface area contributed by atoms with Crippen LogP contribution in [-0.2, 0) is 0 Å². The highest BCUT2D eigenvalue weighted by atomic mass is 35.5. The standard InChI is InChI=1S/C11H11ClN2O2/c1-2-3-4-6-13-10-9(12)8(11(15)16)5-7-14-10/h1,5,7H,3-4,6H2,(H,13,14)(H,15,16). The summed E-state index contributed by atoms with van der Waals surface area (Å²) in [5.41, 5.74) is 0.0381. The van der Waals surface area contributed by atoms with E-state index in [0.717, 1.165) is 6.42 Å². The van der Waals surface area contributed by atoms with Gasteiger partial charge < -0.3 is 10.4 Å². The minimum atomic E-state index is -1.07. The van der Waals surface area contributed by atoms with Crippen molar-refractivity contribution in [2.75, 3.05) is 11.9 Å². The van der Waals surface area contributed by atoms with E-state index >= 15 is 0 Å². The Kier molecular flexibility index (Phi) is 4.62. The Bertz CT molecular complexity index is 426. The normalized spacial score (nSPS) is 9.50. The van der Waals surface area contributed by atoms with Gasteiger partial charge in [-0.3, -0.25) is 0 Å². The molecule has 16 heavy (non-hydrogen) atoms. The number of aromatic nitrogens is 1. The van der Waals surface area contributed by atoms with Crippen molar-refractivity contribution in [1.82, 2.24) is 4.98 Å². The second kappa shape index (κ2) is 5.99. The number of carboxylic acid groups (broad SMARTS) is 1. The zero-order chi connectivity index (χ0) is 12.0. The van der Waals surface area contributed by atoms with Crippen LogP contribution in [0.5, 0.6) is 0 Å². The number of hydrogen-bond donors (Lipinski definition) is 2. The van der Waals surface area contributed by atoms with E-state index in [2.05, 4.69) is 16.2 Å². The van der Waals surface area contributed by atoms with E-state index in [1.54, 1.807) is 0 Å². The van der Waals surface area contributed by atoms with Crippen LogP contribution in [0, 0.1) is 12.3 Å². The highest BCUT2D eigenvalue weighted by molar-refractivity contribution is 6.35. The SMILES string of the molecule is C#CCCCNc1nccc(C(=O)O)c1Cl. The maximum atomic E-state index is 10.8. The Morgan fingerprint density at radius 3 is 3.06 bits per heavy atom. The first-order chi connectivity index (χ1) is 7.66. The second-order valence-electron chi connectivity index (χ2n) is 3.06. The number of pyridine rings is 1. The summed E-state index contributed by atoms with van der Waals surface area (Å²) >= 11 is 5.87. The molecule has 0 fully saturated rings. The Balaban J connectivity index is 2.70. The first kappa shape index (κ1) is 12.3. The molecule has 0 radical (unpaired) electrons. The zero-order valence-electron chi connectivity index (χ0n) is 8.53. The molecular weight excluding hydrogens is 228 g/mol. The Morgan fingerprint density at radius 1 is 1.69 bits per heavy atom.